The minimum atomic E-state index is -3.61. The number of nitrogens with zero attached hydrogens (tertiary/aromatic N) is 2. The third-order valence-electron chi connectivity index (χ3n) is 6.22. The molecule has 2 rings (SSSR count). The number of nitrogens with one attached hydrogen (secondary N) is 1. The molecule has 0 heterocycles. The van der Waals surface area contributed by atoms with Gasteiger partial charge in [-0.1, -0.05) is 49.2 Å². The van der Waals surface area contributed by atoms with E-state index >= 15 is 0 Å². The van der Waals surface area contributed by atoms with E-state index in [-0.39, 0.29) is 43.8 Å². The second kappa shape index (κ2) is 14.6. The largest absolute Gasteiger partial charge is 0.497 e. The average Bonchev–Trinajstić information content (AvgIpc) is 2.87. The molecule has 0 spiro atoms. The summed E-state index contributed by atoms with van der Waals surface area (Å²) in [7, 11) is -2.10. The van der Waals surface area contributed by atoms with Crippen LogP contribution in [-0.4, -0.2) is 57.1 Å². The lowest BCUT2D eigenvalue weighted by atomic mass is 10.1. The molecule has 2 atom stereocenters. The van der Waals surface area contributed by atoms with Gasteiger partial charge in [0.15, 0.2) is 0 Å². The molecule has 11 heteroatoms. The Labute approximate surface area is 236 Å². The topological polar surface area (TPSA) is 96.0 Å². The third kappa shape index (κ3) is 9.06. The summed E-state index contributed by atoms with van der Waals surface area (Å²) in [6, 6.07) is 11.1. The van der Waals surface area contributed by atoms with Crippen LogP contribution in [0.25, 0.3) is 0 Å². The molecule has 0 bridgehead atoms. The Hall–Kier alpha value is -2.49. The van der Waals surface area contributed by atoms with Crippen molar-refractivity contribution >= 4 is 50.7 Å². The van der Waals surface area contributed by atoms with Gasteiger partial charge in [0.05, 0.1) is 29.1 Å². The van der Waals surface area contributed by atoms with Crippen LogP contribution in [0, 0.1) is 0 Å². The lowest BCUT2D eigenvalue weighted by molar-refractivity contribution is -0.141. The Balaban J connectivity index is 2.26. The number of hydrogen-bond donors (Lipinski definition) is 1. The summed E-state index contributed by atoms with van der Waals surface area (Å²) in [4.78, 5) is 28.2. The van der Waals surface area contributed by atoms with E-state index in [4.69, 9.17) is 27.9 Å². The zero-order valence-electron chi connectivity index (χ0n) is 22.5. The lowest BCUT2D eigenvalue weighted by Crippen LogP contribution is -2.50. The van der Waals surface area contributed by atoms with Gasteiger partial charge >= 0.3 is 0 Å². The zero-order valence-corrected chi connectivity index (χ0v) is 24.9. The number of carbonyl (C=O) groups excluding carboxylic acids is 2. The molecule has 0 radical (unpaired) electrons. The number of anilines is 1. The molecular weight excluding hydrogens is 549 g/mol. The molecule has 2 aromatic rings. The van der Waals surface area contributed by atoms with E-state index in [0.29, 0.717) is 27.9 Å². The van der Waals surface area contributed by atoms with E-state index in [1.54, 1.807) is 42.5 Å². The van der Waals surface area contributed by atoms with Crippen LogP contribution in [0.1, 0.15) is 52.0 Å². The van der Waals surface area contributed by atoms with Crippen molar-refractivity contribution in [3.05, 3.63) is 58.1 Å². The number of carbonyl (C=O) groups is 2. The van der Waals surface area contributed by atoms with Gasteiger partial charge in [-0.15, -0.1) is 0 Å². The first-order chi connectivity index (χ1) is 17.9. The van der Waals surface area contributed by atoms with Gasteiger partial charge in [-0.2, -0.15) is 0 Å². The first kappa shape index (κ1) is 31.7. The minimum Gasteiger partial charge on any atom is -0.497 e. The maximum absolute atomic E-state index is 13.5. The molecule has 0 aliphatic carbocycles. The molecule has 8 nitrogen and oxygen atoms in total. The summed E-state index contributed by atoms with van der Waals surface area (Å²) in [5.41, 5.74) is 1.18. The molecule has 0 saturated carbocycles. The van der Waals surface area contributed by atoms with Gasteiger partial charge in [-0.3, -0.25) is 13.9 Å². The quantitative estimate of drug-likeness (QED) is 0.326. The van der Waals surface area contributed by atoms with Crippen molar-refractivity contribution in [2.75, 3.05) is 24.2 Å². The Kier molecular flexibility index (Phi) is 12.2. The van der Waals surface area contributed by atoms with Gasteiger partial charge in [-0.25, -0.2) is 8.42 Å². The van der Waals surface area contributed by atoms with Crippen LogP contribution in [0.4, 0.5) is 5.69 Å². The molecule has 0 fully saturated rings. The highest BCUT2D eigenvalue weighted by Gasteiger charge is 2.29. The second-order valence-electron chi connectivity index (χ2n) is 9.15. The van der Waals surface area contributed by atoms with Crippen molar-refractivity contribution in [2.24, 2.45) is 0 Å². The number of benzene rings is 2. The summed E-state index contributed by atoms with van der Waals surface area (Å²) in [6.45, 7) is 5.99. The van der Waals surface area contributed by atoms with Crippen LogP contribution >= 0.6 is 23.2 Å². The summed E-state index contributed by atoms with van der Waals surface area (Å²) in [5.74, 6) is 0.0313. The summed E-state index contributed by atoms with van der Waals surface area (Å²) in [5, 5.41) is 3.72. The number of halogens is 2. The van der Waals surface area contributed by atoms with Crippen LogP contribution < -0.4 is 14.4 Å². The Bertz CT molecular complexity index is 1210. The highest BCUT2D eigenvalue weighted by Crippen LogP contribution is 2.26. The van der Waals surface area contributed by atoms with Gasteiger partial charge < -0.3 is 15.0 Å². The molecule has 0 saturated heterocycles. The maximum atomic E-state index is 13.5. The van der Waals surface area contributed by atoms with Crippen molar-refractivity contribution in [3.63, 3.8) is 0 Å². The Morgan fingerprint density at radius 2 is 1.76 bits per heavy atom. The fourth-order valence-corrected chi connectivity index (χ4v) is 5.24. The number of methoxy groups -OCH3 is 1. The maximum Gasteiger partial charge on any atom is 0.243 e. The molecule has 2 aromatic carbocycles. The zero-order chi connectivity index (χ0) is 28.5. The first-order valence-corrected chi connectivity index (χ1v) is 15.2. The molecule has 0 aromatic heterocycles. The van der Waals surface area contributed by atoms with E-state index in [2.05, 4.69) is 5.32 Å². The summed E-state index contributed by atoms with van der Waals surface area (Å²) >= 11 is 12.3. The number of rotatable bonds is 14. The van der Waals surface area contributed by atoms with Crippen LogP contribution in [0.2, 0.25) is 10.0 Å². The fourth-order valence-electron chi connectivity index (χ4n) is 3.96. The van der Waals surface area contributed by atoms with Crippen molar-refractivity contribution in [3.8, 4) is 5.75 Å². The number of amides is 2. The van der Waals surface area contributed by atoms with Crippen molar-refractivity contribution in [1.82, 2.24) is 10.2 Å². The van der Waals surface area contributed by atoms with Crippen LogP contribution in [-0.2, 0) is 26.2 Å². The number of hydrogen-bond acceptors (Lipinski definition) is 5. The molecule has 0 aliphatic heterocycles. The monoisotopic (exact) mass is 585 g/mol. The summed E-state index contributed by atoms with van der Waals surface area (Å²) in [6.07, 6.45) is 2.59. The van der Waals surface area contributed by atoms with Gasteiger partial charge in [0.1, 0.15) is 11.8 Å². The average molecular weight is 587 g/mol. The predicted octanol–water partition coefficient (Wildman–Crippen LogP) is 5.27. The Morgan fingerprint density at radius 3 is 2.34 bits per heavy atom. The normalized spacial score (nSPS) is 12.9. The SMILES string of the molecule is CC[C@H](C)NC(=O)[C@H](CC)N(Cc1ccc(Cl)c(Cl)c1)C(=O)CCCN(c1cccc(OC)c1)S(C)(=O)=O. The number of sulfonamides is 1. The van der Waals surface area contributed by atoms with Gasteiger partial charge in [0, 0.05) is 31.6 Å². The van der Waals surface area contributed by atoms with Gasteiger partial charge in [0.25, 0.3) is 0 Å². The highest BCUT2D eigenvalue weighted by molar-refractivity contribution is 7.92. The van der Waals surface area contributed by atoms with E-state index in [1.807, 2.05) is 20.8 Å². The van der Waals surface area contributed by atoms with Crippen LogP contribution in [0.5, 0.6) is 5.75 Å². The molecule has 210 valence electrons. The first-order valence-electron chi connectivity index (χ1n) is 12.6. The standard InChI is InChI=1S/C27H37Cl2N3O5S/c1-6-19(3)30-27(34)25(7-2)31(18-20-13-14-23(28)24(29)16-20)26(33)12-9-15-32(38(5,35)36)21-10-8-11-22(17-21)37-4/h8,10-11,13-14,16-17,19,25H,6-7,9,12,15,18H2,1-5H3,(H,30,34)/t19-,25-/m0/s1. The van der Waals surface area contributed by atoms with E-state index < -0.39 is 16.1 Å². The van der Waals surface area contributed by atoms with E-state index in [1.165, 1.54) is 16.3 Å². The smallest absolute Gasteiger partial charge is 0.243 e. The highest BCUT2D eigenvalue weighted by atomic mass is 35.5. The lowest BCUT2D eigenvalue weighted by Gasteiger charge is -2.32. The second-order valence-corrected chi connectivity index (χ2v) is 11.9. The molecule has 38 heavy (non-hydrogen) atoms. The van der Waals surface area contributed by atoms with Crippen LogP contribution in [0.3, 0.4) is 0 Å². The molecule has 0 unspecified atom stereocenters. The molecular formula is C27H37Cl2N3O5S. The Morgan fingerprint density at radius 1 is 1.05 bits per heavy atom. The van der Waals surface area contributed by atoms with Crippen molar-refractivity contribution in [2.45, 2.75) is 65.1 Å². The third-order valence-corrected chi connectivity index (χ3v) is 8.15. The fraction of sp³-hybridized carbons (Fsp3) is 0.481. The summed E-state index contributed by atoms with van der Waals surface area (Å²) < 4.78 is 31.5. The molecule has 1 N–H and O–H groups in total. The van der Waals surface area contributed by atoms with E-state index in [9.17, 15) is 18.0 Å². The number of ether oxygens (including phenoxy) is 1. The van der Waals surface area contributed by atoms with Gasteiger partial charge in [-0.05, 0) is 56.0 Å². The van der Waals surface area contributed by atoms with Gasteiger partial charge in [0.2, 0.25) is 21.8 Å². The molecule has 2 amide bonds. The minimum absolute atomic E-state index is 0.0374. The van der Waals surface area contributed by atoms with Crippen molar-refractivity contribution in [1.29, 1.82) is 0 Å². The van der Waals surface area contributed by atoms with Crippen molar-refractivity contribution < 1.29 is 22.7 Å². The molecule has 0 aliphatic rings. The van der Waals surface area contributed by atoms with Crippen LogP contribution in [0.15, 0.2) is 42.5 Å². The van der Waals surface area contributed by atoms with E-state index in [0.717, 1.165) is 18.2 Å². The predicted molar refractivity (Wildman–Crippen MR) is 153 cm³/mol.